The van der Waals surface area contributed by atoms with Gasteiger partial charge < -0.3 is 10.6 Å². The lowest BCUT2D eigenvalue weighted by Gasteiger charge is -2.15. The molecule has 0 bridgehead atoms. The van der Waals surface area contributed by atoms with Gasteiger partial charge in [-0.1, -0.05) is 56.8 Å². The van der Waals surface area contributed by atoms with E-state index in [-0.39, 0.29) is 10.7 Å². The average molecular weight is 566 g/mol. The minimum atomic E-state index is -0.641. The van der Waals surface area contributed by atoms with Crippen LogP contribution in [0.3, 0.4) is 0 Å². The van der Waals surface area contributed by atoms with Crippen molar-refractivity contribution in [2.24, 2.45) is 0 Å². The number of hydrogen-bond donors (Lipinski definition) is 2. The van der Waals surface area contributed by atoms with Crippen molar-refractivity contribution in [3.63, 3.8) is 0 Å². The number of amides is 3. The second-order valence-electron chi connectivity index (χ2n) is 6.93. The van der Waals surface area contributed by atoms with Crippen molar-refractivity contribution in [3.8, 4) is 0 Å². The maximum atomic E-state index is 12.9. The predicted octanol–water partition coefficient (Wildman–Crippen LogP) is 6.44. The van der Waals surface area contributed by atoms with Crippen LogP contribution in [0.25, 0.3) is 0 Å². The zero-order valence-electron chi connectivity index (χ0n) is 16.5. The molecule has 0 atom stereocenters. The number of halogens is 4. The Kier molecular flexibility index (Phi) is 6.76. The first-order chi connectivity index (χ1) is 15.7. The summed E-state index contributed by atoms with van der Waals surface area (Å²) in [5.74, 6) is -1.66. The second kappa shape index (κ2) is 9.57. The Hall–Kier alpha value is -2.84. The highest BCUT2D eigenvalue weighted by molar-refractivity contribution is 9.10. The molecule has 0 aliphatic carbocycles. The van der Waals surface area contributed by atoms with Crippen molar-refractivity contribution in [1.82, 2.24) is 0 Å². The van der Waals surface area contributed by atoms with E-state index in [0.29, 0.717) is 32.7 Å². The van der Waals surface area contributed by atoms with Crippen LogP contribution in [0.2, 0.25) is 10.0 Å². The smallest absolute Gasteiger partial charge is 0.283 e. The lowest BCUT2D eigenvalue weighted by atomic mass is 10.1. The van der Waals surface area contributed by atoms with Crippen molar-refractivity contribution >= 4 is 85.5 Å². The number of imide groups is 1. The summed E-state index contributed by atoms with van der Waals surface area (Å²) in [5.41, 5.74) is 1.44. The third kappa shape index (κ3) is 5.07. The van der Waals surface area contributed by atoms with Crippen molar-refractivity contribution in [3.05, 3.63) is 97.5 Å². The standard InChI is InChI=1S/C23H13BrCl3N3O3/c24-13-4-6-18(7-5-13)30-22(32)19(27)20(23(30)33)28-16-3-1-2-12(8-16)21(31)29-17-10-14(25)9-15(26)11-17/h1-11,28H,(H,29,31). The molecule has 2 N–H and O–H groups in total. The second-order valence-corrected chi connectivity index (χ2v) is 9.10. The number of hydrogen-bond acceptors (Lipinski definition) is 4. The highest BCUT2D eigenvalue weighted by atomic mass is 79.9. The van der Waals surface area contributed by atoms with Gasteiger partial charge in [0.1, 0.15) is 10.7 Å². The molecular formula is C23H13BrCl3N3O3. The van der Waals surface area contributed by atoms with E-state index in [2.05, 4.69) is 26.6 Å². The molecule has 0 saturated heterocycles. The van der Waals surface area contributed by atoms with Gasteiger partial charge in [0.15, 0.2) is 0 Å². The molecule has 3 aromatic carbocycles. The molecule has 10 heteroatoms. The van der Waals surface area contributed by atoms with Gasteiger partial charge in [-0.25, -0.2) is 4.90 Å². The topological polar surface area (TPSA) is 78.5 Å². The van der Waals surface area contributed by atoms with Crippen molar-refractivity contribution in [2.75, 3.05) is 15.5 Å². The van der Waals surface area contributed by atoms with Gasteiger partial charge in [0.2, 0.25) is 0 Å². The maximum absolute atomic E-state index is 12.9. The summed E-state index contributed by atoms with van der Waals surface area (Å²) in [5, 5.41) is 6.10. The van der Waals surface area contributed by atoms with Gasteiger partial charge in [-0.3, -0.25) is 14.4 Å². The van der Waals surface area contributed by atoms with Crippen LogP contribution in [0.5, 0.6) is 0 Å². The minimum absolute atomic E-state index is 0.0798. The number of nitrogens with one attached hydrogen (secondary N) is 2. The van der Waals surface area contributed by atoms with E-state index in [0.717, 1.165) is 9.37 Å². The van der Waals surface area contributed by atoms with E-state index in [9.17, 15) is 14.4 Å². The molecule has 1 heterocycles. The van der Waals surface area contributed by atoms with E-state index in [1.165, 1.54) is 6.07 Å². The molecule has 166 valence electrons. The Labute approximate surface area is 212 Å². The number of carbonyl (C=O) groups is 3. The zero-order chi connectivity index (χ0) is 23.7. The van der Waals surface area contributed by atoms with Crippen LogP contribution in [0, 0.1) is 0 Å². The molecule has 3 amide bonds. The number of nitrogens with zero attached hydrogens (tertiary/aromatic N) is 1. The summed E-state index contributed by atoms with van der Waals surface area (Å²) >= 11 is 21.4. The molecule has 0 unspecified atom stereocenters. The summed E-state index contributed by atoms with van der Waals surface area (Å²) in [6.07, 6.45) is 0. The molecule has 1 aliphatic heterocycles. The van der Waals surface area contributed by atoms with Gasteiger partial charge in [0.05, 0.1) is 5.69 Å². The van der Waals surface area contributed by atoms with Crippen molar-refractivity contribution in [2.45, 2.75) is 0 Å². The molecule has 0 fully saturated rings. The Balaban J connectivity index is 1.54. The van der Waals surface area contributed by atoms with Gasteiger partial charge in [-0.2, -0.15) is 0 Å². The molecular weight excluding hydrogens is 553 g/mol. The van der Waals surface area contributed by atoms with Crippen LogP contribution in [0.15, 0.2) is 81.9 Å². The fraction of sp³-hybridized carbons (Fsp3) is 0. The third-order valence-electron chi connectivity index (χ3n) is 4.63. The molecule has 0 saturated carbocycles. The fourth-order valence-electron chi connectivity index (χ4n) is 3.15. The van der Waals surface area contributed by atoms with Crippen LogP contribution >= 0.6 is 50.7 Å². The van der Waals surface area contributed by atoms with Crippen molar-refractivity contribution in [1.29, 1.82) is 0 Å². The van der Waals surface area contributed by atoms with Gasteiger partial charge in [-0.05, 0) is 60.7 Å². The zero-order valence-corrected chi connectivity index (χ0v) is 20.4. The number of rotatable bonds is 5. The molecule has 4 rings (SSSR count). The fourth-order valence-corrected chi connectivity index (χ4v) is 4.15. The Morgan fingerprint density at radius 1 is 0.818 bits per heavy atom. The number of carbonyl (C=O) groups excluding carboxylic acids is 3. The SMILES string of the molecule is O=C(Nc1cc(Cl)cc(Cl)c1)c1cccc(NC2=C(Cl)C(=O)N(c3ccc(Br)cc3)C2=O)c1. The summed E-state index contributed by atoms with van der Waals surface area (Å²) in [4.78, 5) is 39.2. The molecule has 0 aromatic heterocycles. The highest BCUT2D eigenvalue weighted by Gasteiger charge is 2.38. The first kappa shape index (κ1) is 23.3. The van der Waals surface area contributed by atoms with Gasteiger partial charge in [-0.15, -0.1) is 0 Å². The first-order valence-corrected chi connectivity index (χ1v) is 11.3. The van der Waals surface area contributed by atoms with Crippen LogP contribution < -0.4 is 15.5 Å². The molecule has 6 nitrogen and oxygen atoms in total. The van der Waals surface area contributed by atoms with Crippen LogP contribution in [0.1, 0.15) is 10.4 Å². The first-order valence-electron chi connectivity index (χ1n) is 9.41. The van der Waals surface area contributed by atoms with Crippen LogP contribution in [0.4, 0.5) is 17.1 Å². The minimum Gasteiger partial charge on any atom is -0.350 e. The number of benzene rings is 3. The van der Waals surface area contributed by atoms with Gasteiger partial charge in [0.25, 0.3) is 17.7 Å². The average Bonchev–Trinajstić information content (AvgIpc) is 2.97. The summed E-state index contributed by atoms with van der Waals surface area (Å²) in [6.45, 7) is 0. The predicted molar refractivity (Wildman–Crippen MR) is 134 cm³/mol. The molecule has 3 aromatic rings. The van der Waals surface area contributed by atoms with Gasteiger partial charge >= 0.3 is 0 Å². The maximum Gasteiger partial charge on any atom is 0.283 e. The summed E-state index contributed by atoms with van der Waals surface area (Å²) in [7, 11) is 0. The number of anilines is 3. The largest absolute Gasteiger partial charge is 0.350 e. The Morgan fingerprint density at radius 2 is 1.48 bits per heavy atom. The highest BCUT2D eigenvalue weighted by Crippen LogP contribution is 2.31. The van der Waals surface area contributed by atoms with Crippen LogP contribution in [-0.2, 0) is 9.59 Å². The molecule has 0 radical (unpaired) electrons. The molecule has 0 spiro atoms. The lowest BCUT2D eigenvalue weighted by Crippen LogP contribution is -2.32. The Morgan fingerprint density at radius 3 is 2.15 bits per heavy atom. The lowest BCUT2D eigenvalue weighted by molar-refractivity contribution is -0.120. The van der Waals surface area contributed by atoms with Gasteiger partial charge in [0, 0.05) is 31.5 Å². The van der Waals surface area contributed by atoms with E-state index in [1.807, 2.05) is 0 Å². The Bertz CT molecular complexity index is 1310. The molecule has 33 heavy (non-hydrogen) atoms. The van der Waals surface area contributed by atoms with Crippen LogP contribution in [-0.4, -0.2) is 17.7 Å². The molecule has 1 aliphatic rings. The van der Waals surface area contributed by atoms with E-state index < -0.39 is 17.7 Å². The normalized spacial score (nSPS) is 13.5. The summed E-state index contributed by atoms with van der Waals surface area (Å²) < 4.78 is 0.804. The van der Waals surface area contributed by atoms with E-state index in [1.54, 1.807) is 60.7 Å². The quantitative estimate of drug-likeness (QED) is 0.349. The summed E-state index contributed by atoms with van der Waals surface area (Å²) in [6, 6.07) is 17.8. The van der Waals surface area contributed by atoms with E-state index in [4.69, 9.17) is 34.8 Å². The third-order valence-corrected chi connectivity index (χ3v) is 5.94. The van der Waals surface area contributed by atoms with Crippen molar-refractivity contribution < 1.29 is 14.4 Å². The van der Waals surface area contributed by atoms with E-state index >= 15 is 0 Å². The monoisotopic (exact) mass is 563 g/mol.